The number of para-hydroxylation sites is 1. The van der Waals surface area contributed by atoms with Gasteiger partial charge in [-0.05, 0) is 56.0 Å². The van der Waals surface area contributed by atoms with Gasteiger partial charge in [-0.25, -0.2) is 9.48 Å². The van der Waals surface area contributed by atoms with Crippen molar-refractivity contribution in [1.82, 2.24) is 14.7 Å². The van der Waals surface area contributed by atoms with E-state index in [-0.39, 0.29) is 23.9 Å². The van der Waals surface area contributed by atoms with Crippen LogP contribution in [0, 0.1) is 20.8 Å². The molecular formula is C29H39N5O3. The van der Waals surface area contributed by atoms with Crippen LogP contribution in [0.3, 0.4) is 0 Å². The number of carbonyl (C=O) groups is 2. The summed E-state index contributed by atoms with van der Waals surface area (Å²) in [6, 6.07) is 15.2. The summed E-state index contributed by atoms with van der Waals surface area (Å²) in [5, 5.41) is 10.8. The van der Waals surface area contributed by atoms with Gasteiger partial charge in [-0.3, -0.25) is 4.79 Å². The third-order valence-electron chi connectivity index (χ3n) is 6.33. The molecule has 0 unspecified atom stereocenters. The smallest absolute Gasteiger partial charge is 0.322 e. The van der Waals surface area contributed by atoms with Gasteiger partial charge in [-0.15, -0.1) is 0 Å². The molecule has 2 aromatic carbocycles. The highest BCUT2D eigenvalue weighted by Crippen LogP contribution is 2.27. The van der Waals surface area contributed by atoms with Crippen LogP contribution in [0.5, 0.6) is 0 Å². The Labute approximate surface area is 220 Å². The van der Waals surface area contributed by atoms with Crippen LogP contribution in [0.4, 0.5) is 16.3 Å². The summed E-state index contributed by atoms with van der Waals surface area (Å²) in [6.45, 7) is 13.0. The Morgan fingerprint density at radius 1 is 1.00 bits per heavy atom. The second-order valence-electron chi connectivity index (χ2n) is 10.4. The maximum Gasteiger partial charge on any atom is 0.322 e. The van der Waals surface area contributed by atoms with E-state index < -0.39 is 0 Å². The molecule has 0 radical (unpaired) electrons. The molecule has 0 saturated heterocycles. The summed E-state index contributed by atoms with van der Waals surface area (Å²) in [5.41, 5.74) is 5.39. The Morgan fingerprint density at radius 2 is 1.70 bits per heavy atom. The van der Waals surface area contributed by atoms with Crippen LogP contribution in [0.15, 0.2) is 48.5 Å². The normalized spacial score (nSPS) is 11.3. The minimum absolute atomic E-state index is 0.107. The van der Waals surface area contributed by atoms with Crippen LogP contribution < -0.4 is 10.6 Å². The number of hydrogen-bond acceptors (Lipinski definition) is 4. The van der Waals surface area contributed by atoms with E-state index in [0.29, 0.717) is 25.4 Å². The van der Waals surface area contributed by atoms with Crippen molar-refractivity contribution in [2.75, 3.05) is 37.4 Å². The van der Waals surface area contributed by atoms with Gasteiger partial charge in [0.05, 0.1) is 11.4 Å². The van der Waals surface area contributed by atoms with Gasteiger partial charge in [-0.2, -0.15) is 5.10 Å². The van der Waals surface area contributed by atoms with E-state index in [2.05, 4.69) is 31.4 Å². The molecule has 0 saturated carbocycles. The molecule has 0 spiro atoms. The number of benzene rings is 2. The molecule has 3 rings (SSSR count). The molecular weight excluding hydrogens is 466 g/mol. The average Bonchev–Trinajstić information content (AvgIpc) is 3.25. The summed E-state index contributed by atoms with van der Waals surface area (Å²) in [4.78, 5) is 28.0. The lowest BCUT2D eigenvalue weighted by molar-refractivity contribution is -0.116. The lowest BCUT2D eigenvalue weighted by Crippen LogP contribution is -2.41. The van der Waals surface area contributed by atoms with Crippen molar-refractivity contribution in [2.24, 2.45) is 0 Å². The van der Waals surface area contributed by atoms with Gasteiger partial charge < -0.3 is 20.3 Å². The third-order valence-corrected chi connectivity index (χ3v) is 6.33. The van der Waals surface area contributed by atoms with E-state index in [0.717, 1.165) is 33.8 Å². The van der Waals surface area contributed by atoms with Crippen molar-refractivity contribution in [3.63, 3.8) is 0 Å². The topological polar surface area (TPSA) is 88.5 Å². The maximum atomic E-state index is 13.3. The SMILES string of the molecule is COCCCN(CC(=O)Nc1cc(C(C)(C)C)nn1-c1ccccc1C)C(=O)Nc1cccc(C)c1C. The number of urea groups is 1. The van der Waals surface area contributed by atoms with Crippen molar-refractivity contribution in [1.29, 1.82) is 0 Å². The molecule has 0 aliphatic rings. The van der Waals surface area contributed by atoms with Crippen LogP contribution in [0.25, 0.3) is 5.69 Å². The average molecular weight is 506 g/mol. The second kappa shape index (κ2) is 12.1. The number of carbonyl (C=O) groups excluding carboxylic acids is 2. The molecule has 0 bridgehead atoms. The van der Waals surface area contributed by atoms with E-state index in [1.54, 1.807) is 11.8 Å². The molecule has 0 aliphatic heterocycles. The number of aryl methyl sites for hydroxylation is 2. The lowest BCUT2D eigenvalue weighted by atomic mass is 9.92. The summed E-state index contributed by atoms with van der Waals surface area (Å²) in [7, 11) is 1.62. The first-order valence-electron chi connectivity index (χ1n) is 12.6. The predicted molar refractivity (Wildman–Crippen MR) is 149 cm³/mol. The van der Waals surface area contributed by atoms with Crippen LogP contribution in [-0.4, -0.2) is 53.4 Å². The van der Waals surface area contributed by atoms with Gasteiger partial charge in [0.1, 0.15) is 12.4 Å². The number of anilines is 2. The fourth-order valence-electron chi connectivity index (χ4n) is 3.91. The van der Waals surface area contributed by atoms with Crippen molar-refractivity contribution in [2.45, 2.75) is 53.4 Å². The quantitative estimate of drug-likeness (QED) is 0.370. The summed E-state index contributed by atoms with van der Waals surface area (Å²) < 4.78 is 6.93. The number of amides is 3. The fraction of sp³-hybridized carbons (Fsp3) is 0.414. The van der Waals surface area contributed by atoms with Crippen molar-refractivity contribution in [3.8, 4) is 5.69 Å². The molecule has 0 aliphatic carbocycles. The molecule has 8 heteroatoms. The minimum Gasteiger partial charge on any atom is -0.385 e. The van der Waals surface area contributed by atoms with E-state index in [4.69, 9.17) is 9.84 Å². The van der Waals surface area contributed by atoms with Gasteiger partial charge >= 0.3 is 6.03 Å². The Kier molecular flexibility index (Phi) is 9.10. The van der Waals surface area contributed by atoms with Crippen molar-refractivity contribution >= 4 is 23.4 Å². The minimum atomic E-state index is -0.331. The standard InChI is InChI=1S/C29H39N5O3/c1-20-13-10-14-23(22(20)3)30-28(36)33(16-11-17-37-7)19-27(35)31-26-18-25(29(4,5)6)32-34(26)24-15-9-8-12-21(24)2/h8-10,12-15,18H,11,16-17,19H2,1-7H3,(H,30,36)(H,31,35). The van der Waals surface area contributed by atoms with Crippen molar-refractivity contribution < 1.29 is 14.3 Å². The van der Waals surface area contributed by atoms with Gasteiger partial charge in [0.15, 0.2) is 0 Å². The predicted octanol–water partition coefficient (Wildman–Crippen LogP) is 5.60. The summed E-state index contributed by atoms with van der Waals surface area (Å²) >= 11 is 0. The third kappa shape index (κ3) is 7.20. The maximum absolute atomic E-state index is 13.3. The van der Waals surface area contributed by atoms with Crippen LogP contribution in [0.2, 0.25) is 0 Å². The monoisotopic (exact) mass is 505 g/mol. The number of methoxy groups -OCH3 is 1. The molecule has 8 nitrogen and oxygen atoms in total. The Morgan fingerprint density at radius 3 is 2.38 bits per heavy atom. The van der Waals surface area contributed by atoms with Crippen LogP contribution >= 0.6 is 0 Å². The van der Waals surface area contributed by atoms with Gasteiger partial charge in [-0.1, -0.05) is 51.1 Å². The molecule has 37 heavy (non-hydrogen) atoms. The number of hydrogen-bond donors (Lipinski definition) is 2. The zero-order chi connectivity index (χ0) is 27.2. The second-order valence-corrected chi connectivity index (χ2v) is 10.4. The highest BCUT2D eigenvalue weighted by atomic mass is 16.5. The lowest BCUT2D eigenvalue weighted by Gasteiger charge is -2.23. The zero-order valence-electron chi connectivity index (χ0n) is 23.0. The molecule has 3 aromatic rings. The van der Waals surface area contributed by atoms with Crippen LogP contribution in [-0.2, 0) is 14.9 Å². The molecule has 3 amide bonds. The van der Waals surface area contributed by atoms with Gasteiger partial charge in [0.2, 0.25) is 5.91 Å². The Hall–Kier alpha value is -3.65. The molecule has 1 heterocycles. The Bertz CT molecular complexity index is 1240. The van der Waals surface area contributed by atoms with E-state index >= 15 is 0 Å². The molecule has 198 valence electrons. The molecule has 0 fully saturated rings. The summed E-state index contributed by atoms with van der Waals surface area (Å²) in [6.07, 6.45) is 0.610. The molecule has 0 atom stereocenters. The first-order valence-corrected chi connectivity index (χ1v) is 12.6. The zero-order valence-corrected chi connectivity index (χ0v) is 23.0. The first kappa shape index (κ1) is 27.9. The highest BCUT2D eigenvalue weighted by Gasteiger charge is 2.24. The number of ether oxygens (including phenoxy) is 1. The van der Waals surface area contributed by atoms with Crippen LogP contribution in [0.1, 0.15) is 49.6 Å². The number of nitrogens with one attached hydrogen (secondary N) is 2. The molecule has 1 aromatic heterocycles. The molecule has 2 N–H and O–H groups in total. The van der Waals surface area contributed by atoms with E-state index in [1.165, 1.54) is 4.90 Å². The highest BCUT2D eigenvalue weighted by molar-refractivity contribution is 5.97. The van der Waals surface area contributed by atoms with Gasteiger partial charge in [0.25, 0.3) is 0 Å². The fourth-order valence-corrected chi connectivity index (χ4v) is 3.91. The van der Waals surface area contributed by atoms with E-state index in [9.17, 15) is 9.59 Å². The summed E-state index contributed by atoms with van der Waals surface area (Å²) in [5.74, 6) is 0.264. The Balaban J connectivity index is 1.83. The first-order chi connectivity index (χ1) is 17.5. The number of nitrogens with zero attached hydrogens (tertiary/aromatic N) is 3. The van der Waals surface area contributed by atoms with E-state index in [1.807, 2.05) is 69.3 Å². The number of aromatic nitrogens is 2. The van der Waals surface area contributed by atoms with Crippen molar-refractivity contribution in [3.05, 3.63) is 70.9 Å². The number of rotatable bonds is 9. The largest absolute Gasteiger partial charge is 0.385 e. The van der Waals surface area contributed by atoms with Gasteiger partial charge in [0, 0.05) is 37.4 Å².